The molecule has 0 saturated carbocycles. The fraction of sp³-hybridized carbons (Fsp3) is 0.700. The highest BCUT2D eigenvalue weighted by Crippen LogP contribution is 2.17. The van der Waals surface area contributed by atoms with Crippen molar-refractivity contribution in [1.29, 1.82) is 0 Å². The molecule has 0 saturated heterocycles. The van der Waals surface area contributed by atoms with E-state index in [9.17, 15) is 18.0 Å². The summed E-state index contributed by atoms with van der Waals surface area (Å²) in [5, 5.41) is 2.03. The fourth-order valence-electron chi connectivity index (χ4n) is 1.57. The molecular weight excluding hydrogens is 207 g/mol. The predicted octanol–water partition coefficient (Wildman–Crippen LogP) is 2.55. The van der Waals surface area contributed by atoms with Crippen LogP contribution in [-0.4, -0.2) is 18.1 Å². The SMILES string of the molecule is O=C(N[C@H]1CC/C=C/CCC1)C(F)(F)F. The summed E-state index contributed by atoms with van der Waals surface area (Å²) in [7, 11) is 0. The normalized spacial score (nSPS) is 25.1. The summed E-state index contributed by atoms with van der Waals surface area (Å²) in [5.41, 5.74) is 0. The van der Waals surface area contributed by atoms with E-state index in [-0.39, 0.29) is 6.04 Å². The minimum atomic E-state index is -4.77. The number of halogens is 3. The van der Waals surface area contributed by atoms with Gasteiger partial charge in [-0.1, -0.05) is 12.2 Å². The number of carbonyl (C=O) groups is 1. The van der Waals surface area contributed by atoms with Crippen LogP contribution < -0.4 is 5.32 Å². The topological polar surface area (TPSA) is 29.1 Å². The second-order valence-corrected chi connectivity index (χ2v) is 3.65. The number of allylic oxidation sites excluding steroid dienone is 2. The second-order valence-electron chi connectivity index (χ2n) is 3.65. The minimum Gasteiger partial charge on any atom is -0.346 e. The van der Waals surface area contributed by atoms with Crippen LogP contribution in [0.4, 0.5) is 13.2 Å². The smallest absolute Gasteiger partial charge is 0.346 e. The van der Waals surface area contributed by atoms with Crippen LogP contribution in [0.2, 0.25) is 0 Å². The molecule has 15 heavy (non-hydrogen) atoms. The van der Waals surface area contributed by atoms with E-state index >= 15 is 0 Å². The third-order valence-electron chi connectivity index (χ3n) is 2.36. The van der Waals surface area contributed by atoms with E-state index in [2.05, 4.69) is 0 Å². The van der Waals surface area contributed by atoms with Crippen LogP contribution in [-0.2, 0) is 4.79 Å². The maximum atomic E-state index is 12.0. The van der Waals surface area contributed by atoms with Gasteiger partial charge >= 0.3 is 12.1 Å². The zero-order valence-corrected chi connectivity index (χ0v) is 8.31. The Kier molecular flexibility index (Phi) is 4.17. The van der Waals surface area contributed by atoms with Gasteiger partial charge in [-0.3, -0.25) is 4.79 Å². The average Bonchev–Trinajstić information content (AvgIpc) is 2.07. The van der Waals surface area contributed by atoms with Crippen LogP contribution in [0.5, 0.6) is 0 Å². The van der Waals surface area contributed by atoms with E-state index in [1.807, 2.05) is 17.5 Å². The molecule has 2 nitrogen and oxygen atoms in total. The summed E-state index contributed by atoms with van der Waals surface area (Å²) in [6.45, 7) is 0. The van der Waals surface area contributed by atoms with Crippen molar-refractivity contribution in [2.75, 3.05) is 0 Å². The Labute approximate surface area is 86.5 Å². The largest absolute Gasteiger partial charge is 0.471 e. The Morgan fingerprint density at radius 2 is 1.87 bits per heavy atom. The molecule has 0 aromatic heterocycles. The van der Waals surface area contributed by atoms with E-state index in [0.29, 0.717) is 12.8 Å². The lowest BCUT2D eigenvalue weighted by Crippen LogP contribution is -2.43. The molecule has 0 aromatic carbocycles. The van der Waals surface area contributed by atoms with Gasteiger partial charge in [-0.05, 0) is 32.1 Å². The fourth-order valence-corrected chi connectivity index (χ4v) is 1.57. The standard InChI is InChI=1S/C10H14F3NO/c11-10(12,13)9(15)14-8-6-4-2-1-3-5-7-8/h1-2,8H,3-7H2,(H,14,15)/b2-1+/t8-/m0/s1. The maximum Gasteiger partial charge on any atom is 0.471 e. The molecule has 1 amide bonds. The molecule has 1 rings (SSSR count). The van der Waals surface area contributed by atoms with Crippen LogP contribution >= 0.6 is 0 Å². The Morgan fingerprint density at radius 3 is 2.53 bits per heavy atom. The van der Waals surface area contributed by atoms with Gasteiger partial charge in [0, 0.05) is 6.04 Å². The van der Waals surface area contributed by atoms with Gasteiger partial charge in [0.2, 0.25) is 0 Å². The van der Waals surface area contributed by atoms with Gasteiger partial charge in [0.05, 0.1) is 0 Å². The van der Waals surface area contributed by atoms with E-state index in [0.717, 1.165) is 19.3 Å². The molecule has 1 aliphatic rings. The summed E-state index contributed by atoms with van der Waals surface area (Å²) in [6.07, 6.45) is 2.83. The van der Waals surface area contributed by atoms with Crippen molar-refractivity contribution in [1.82, 2.24) is 5.32 Å². The number of hydrogen-bond acceptors (Lipinski definition) is 1. The molecular formula is C10H14F3NO. The van der Waals surface area contributed by atoms with Gasteiger partial charge < -0.3 is 5.32 Å². The van der Waals surface area contributed by atoms with Crippen molar-refractivity contribution >= 4 is 5.91 Å². The minimum absolute atomic E-state index is 0.343. The van der Waals surface area contributed by atoms with Crippen molar-refractivity contribution in [3.8, 4) is 0 Å². The number of rotatable bonds is 1. The molecule has 0 aliphatic heterocycles. The Morgan fingerprint density at radius 1 is 1.20 bits per heavy atom. The molecule has 0 heterocycles. The highest BCUT2D eigenvalue weighted by molar-refractivity contribution is 5.81. The van der Waals surface area contributed by atoms with E-state index in [1.54, 1.807) is 0 Å². The highest BCUT2D eigenvalue weighted by atomic mass is 19.4. The first-order valence-corrected chi connectivity index (χ1v) is 5.03. The van der Waals surface area contributed by atoms with Gasteiger partial charge in [-0.2, -0.15) is 13.2 Å². The molecule has 0 spiro atoms. The van der Waals surface area contributed by atoms with Crippen LogP contribution in [0.1, 0.15) is 32.1 Å². The number of nitrogens with one attached hydrogen (secondary N) is 1. The third-order valence-corrected chi connectivity index (χ3v) is 2.36. The Bertz CT molecular complexity index is 248. The van der Waals surface area contributed by atoms with Crippen LogP contribution in [0, 0.1) is 0 Å². The summed E-state index contributed by atoms with van der Waals surface area (Å²) >= 11 is 0. The first kappa shape index (κ1) is 12.1. The first-order valence-electron chi connectivity index (χ1n) is 5.03. The molecule has 0 aromatic rings. The number of alkyl halides is 3. The predicted molar refractivity (Wildman–Crippen MR) is 50.2 cm³/mol. The average molecular weight is 221 g/mol. The molecule has 0 fully saturated rings. The van der Waals surface area contributed by atoms with Gasteiger partial charge in [-0.15, -0.1) is 0 Å². The van der Waals surface area contributed by atoms with Gasteiger partial charge in [-0.25, -0.2) is 0 Å². The molecule has 1 N–H and O–H groups in total. The number of carbonyl (C=O) groups excluding carboxylic acids is 1. The lowest BCUT2D eigenvalue weighted by atomic mass is 10.0. The van der Waals surface area contributed by atoms with Gasteiger partial charge in [0.25, 0.3) is 0 Å². The molecule has 0 radical (unpaired) electrons. The van der Waals surface area contributed by atoms with Gasteiger partial charge in [0.1, 0.15) is 0 Å². The van der Waals surface area contributed by atoms with Crippen LogP contribution in [0.25, 0.3) is 0 Å². The zero-order valence-electron chi connectivity index (χ0n) is 8.31. The molecule has 1 atom stereocenters. The molecule has 0 bridgehead atoms. The van der Waals surface area contributed by atoms with E-state index in [4.69, 9.17) is 0 Å². The monoisotopic (exact) mass is 221 g/mol. The summed E-state index contributed by atoms with van der Waals surface area (Å²) in [6, 6.07) is -0.343. The molecule has 5 heteroatoms. The van der Waals surface area contributed by atoms with Crippen molar-refractivity contribution in [3.63, 3.8) is 0 Å². The molecule has 1 aliphatic carbocycles. The molecule has 0 unspecified atom stereocenters. The van der Waals surface area contributed by atoms with Crippen LogP contribution in [0.3, 0.4) is 0 Å². The second kappa shape index (κ2) is 5.19. The third kappa shape index (κ3) is 4.36. The van der Waals surface area contributed by atoms with Gasteiger partial charge in [0.15, 0.2) is 0 Å². The Balaban J connectivity index is 2.43. The lowest BCUT2D eigenvalue weighted by molar-refractivity contribution is -0.174. The van der Waals surface area contributed by atoms with E-state index < -0.39 is 12.1 Å². The van der Waals surface area contributed by atoms with Crippen LogP contribution in [0.15, 0.2) is 12.2 Å². The number of hydrogen-bond donors (Lipinski definition) is 1. The molecule has 86 valence electrons. The summed E-state index contributed by atoms with van der Waals surface area (Å²) in [4.78, 5) is 10.7. The van der Waals surface area contributed by atoms with Crippen molar-refractivity contribution in [2.45, 2.75) is 44.3 Å². The van der Waals surface area contributed by atoms with Crippen molar-refractivity contribution in [3.05, 3.63) is 12.2 Å². The maximum absolute atomic E-state index is 12.0. The lowest BCUT2D eigenvalue weighted by Gasteiger charge is -2.19. The summed E-state index contributed by atoms with van der Waals surface area (Å²) < 4.78 is 35.9. The highest BCUT2D eigenvalue weighted by Gasteiger charge is 2.39. The van der Waals surface area contributed by atoms with E-state index in [1.165, 1.54) is 0 Å². The first-order chi connectivity index (χ1) is 7.00. The number of amides is 1. The zero-order chi connectivity index (χ0) is 11.3. The van der Waals surface area contributed by atoms with Crippen molar-refractivity contribution < 1.29 is 18.0 Å². The Hall–Kier alpha value is -1.00. The summed E-state index contributed by atoms with van der Waals surface area (Å²) in [5.74, 6) is -1.82. The quantitative estimate of drug-likeness (QED) is 0.677. The van der Waals surface area contributed by atoms with Crippen molar-refractivity contribution in [2.24, 2.45) is 0 Å².